The Morgan fingerprint density at radius 3 is 2.62 bits per heavy atom. The normalized spacial score (nSPS) is 11.4. The van der Waals surface area contributed by atoms with E-state index in [1.54, 1.807) is 19.3 Å². The summed E-state index contributed by atoms with van der Waals surface area (Å²) in [4.78, 5) is 0. The van der Waals surface area contributed by atoms with Gasteiger partial charge in [-0.05, 0) is 24.3 Å². The molecule has 0 unspecified atom stereocenters. The van der Waals surface area contributed by atoms with Gasteiger partial charge in [0.05, 0.1) is 11.3 Å². The van der Waals surface area contributed by atoms with Gasteiger partial charge in [-0.25, -0.2) is 0 Å². The van der Waals surface area contributed by atoms with Gasteiger partial charge in [0.2, 0.25) is 0 Å². The Labute approximate surface area is 118 Å². The third-order valence-corrected chi connectivity index (χ3v) is 2.74. The molecule has 0 atom stereocenters. The smallest absolute Gasteiger partial charge is 0.419 e. The van der Waals surface area contributed by atoms with Crippen molar-refractivity contribution in [3.63, 3.8) is 0 Å². The van der Waals surface area contributed by atoms with E-state index in [2.05, 4.69) is 5.10 Å². The van der Waals surface area contributed by atoms with Crippen molar-refractivity contribution in [2.75, 3.05) is 0 Å². The average Bonchev–Trinajstić information content (AvgIpc) is 2.81. The highest BCUT2D eigenvalue weighted by Gasteiger charge is 2.35. The Morgan fingerprint density at radius 2 is 2.10 bits per heavy atom. The number of rotatable bonds is 4. The van der Waals surface area contributed by atoms with Crippen molar-refractivity contribution >= 4 is 5.84 Å². The number of hydrogen-bond acceptors (Lipinski definition) is 3. The third-order valence-electron chi connectivity index (χ3n) is 2.74. The zero-order valence-electron chi connectivity index (χ0n) is 11.1. The van der Waals surface area contributed by atoms with E-state index < -0.39 is 17.6 Å². The van der Waals surface area contributed by atoms with Crippen molar-refractivity contribution in [3.8, 4) is 5.75 Å². The Balaban J connectivity index is 2.27. The van der Waals surface area contributed by atoms with Crippen molar-refractivity contribution < 1.29 is 17.9 Å². The van der Waals surface area contributed by atoms with Crippen LogP contribution in [0.25, 0.3) is 0 Å². The summed E-state index contributed by atoms with van der Waals surface area (Å²) in [6, 6.07) is 4.92. The van der Waals surface area contributed by atoms with Gasteiger partial charge in [-0.1, -0.05) is 0 Å². The number of nitrogen functional groups attached to an aromatic ring is 1. The fraction of sp³-hybridized carbons (Fsp3) is 0.231. The van der Waals surface area contributed by atoms with Crippen LogP contribution >= 0.6 is 0 Å². The maximum Gasteiger partial charge on any atom is 0.419 e. The lowest BCUT2D eigenvalue weighted by molar-refractivity contribution is -0.139. The van der Waals surface area contributed by atoms with Crippen LogP contribution in [0.2, 0.25) is 0 Å². The van der Waals surface area contributed by atoms with Gasteiger partial charge in [0.1, 0.15) is 18.2 Å². The number of alkyl halides is 3. The van der Waals surface area contributed by atoms with Gasteiger partial charge >= 0.3 is 6.18 Å². The number of benzene rings is 1. The molecule has 0 fully saturated rings. The molecule has 0 aliphatic rings. The fourth-order valence-corrected chi connectivity index (χ4v) is 1.74. The second-order valence-corrected chi connectivity index (χ2v) is 4.39. The molecule has 0 saturated heterocycles. The van der Waals surface area contributed by atoms with E-state index in [0.717, 1.165) is 12.1 Å². The highest BCUT2D eigenvalue weighted by molar-refractivity contribution is 5.95. The molecule has 0 aliphatic heterocycles. The van der Waals surface area contributed by atoms with Crippen molar-refractivity contribution in [2.45, 2.75) is 12.8 Å². The van der Waals surface area contributed by atoms with E-state index in [-0.39, 0.29) is 17.9 Å². The van der Waals surface area contributed by atoms with E-state index in [1.807, 2.05) is 0 Å². The molecule has 0 radical (unpaired) electrons. The number of aryl methyl sites for hydroxylation is 1. The molecular weight excluding hydrogens is 285 g/mol. The molecule has 0 saturated carbocycles. The summed E-state index contributed by atoms with van der Waals surface area (Å²) in [5.74, 6) is -0.755. The lowest BCUT2D eigenvalue weighted by atomic mass is 10.1. The third kappa shape index (κ3) is 3.53. The molecule has 1 heterocycles. The van der Waals surface area contributed by atoms with E-state index in [0.29, 0.717) is 5.69 Å². The Hall–Kier alpha value is -2.51. The number of halogens is 3. The van der Waals surface area contributed by atoms with Crippen LogP contribution in [-0.2, 0) is 19.8 Å². The van der Waals surface area contributed by atoms with Crippen LogP contribution in [0.1, 0.15) is 16.8 Å². The van der Waals surface area contributed by atoms with Gasteiger partial charge < -0.3 is 10.5 Å². The molecule has 0 aliphatic carbocycles. The van der Waals surface area contributed by atoms with E-state index in [4.69, 9.17) is 15.9 Å². The summed E-state index contributed by atoms with van der Waals surface area (Å²) >= 11 is 0. The van der Waals surface area contributed by atoms with Crippen LogP contribution in [0.3, 0.4) is 0 Å². The number of ether oxygens (including phenoxy) is 1. The molecule has 112 valence electrons. The summed E-state index contributed by atoms with van der Waals surface area (Å²) in [6.07, 6.45) is -2.92. The Kier molecular flexibility index (Phi) is 3.88. The molecule has 2 aromatic rings. The molecule has 0 bridgehead atoms. The fourth-order valence-electron chi connectivity index (χ4n) is 1.74. The van der Waals surface area contributed by atoms with Crippen molar-refractivity contribution in [2.24, 2.45) is 12.8 Å². The first-order valence-electron chi connectivity index (χ1n) is 5.94. The predicted octanol–water partition coefficient (Wildman–Crippen LogP) is 2.30. The SMILES string of the molecule is Cn1ccc(COc2ccc(C(=N)N)cc2C(F)(F)F)n1. The van der Waals surface area contributed by atoms with Crippen LogP contribution in [0, 0.1) is 5.41 Å². The van der Waals surface area contributed by atoms with E-state index >= 15 is 0 Å². The number of nitrogens with zero attached hydrogens (tertiary/aromatic N) is 2. The molecule has 21 heavy (non-hydrogen) atoms. The summed E-state index contributed by atoms with van der Waals surface area (Å²) in [5, 5.41) is 11.2. The van der Waals surface area contributed by atoms with E-state index in [9.17, 15) is 13.2 Å². The summed E-state index contributed by atoms with van der Waals surface area (Å²) in [6.45, 7) is -0.0800. The first-order chi connectivity index (χ1) is 9.77. The first kappa shape index (κ1) is 14.9. The molecule has 2 rings (SSSR count). The second kappa shape index (κ2) is 5.47. The summed E-state index contributed by atoms with van der Waals surface area (Å²) < 4.78 is 45.8. The van der Waals surface area contributed by atoms with Crippen LogP contribution < -0.4 is 10.5 Å². The lowest BCUT2D eigenvalue weighted by Gasteiger charge is -2.14. The van der Waals surface area contributed by atoms with Gasteiger partial charge in [0.15, 0.2) is 0 Å². The maximum absolute atomic E-state index is 13.0. The minimum atomic E-state index is -4.59. The van der Waals surface area contributed by atoms with Gasteiger partial charge in [-0.3, -0.25) is 10.1 Å². The zero-order valence-corrected chi connectivity index (χ0v) is 11.1. The number of amidine groups is 1. The quantitative estimate of drug-likeness (QED) is 0.671. The second-order valence-electron chi connectivity index (χ2n) is 4.39. The van der Waals surface area contributed by atoms with Crippen LogP contribution in [0.4, 0.5) is 13.2 Å². The van der Waals surface area contributed by atoms with Gasteiger partial charge in [0.25, 0.3) is 0 Å². The number of nitrogens with one attached hydrogen (secondary N) is 1. The number of aromatic nitrogens is 2. The topological polar surface area (TPSA) is 76.9 Å². The number of hydrogen-bond donors (Lipinski definition) is 2. The molecule has 5 nitrogen and oxygen atoms in total. The largest absolute Gasteiger partial charge is 0.487 e. The zero-order chi connectivity index (χ0) is 15.6. The van der Waals surface area contributed by atoms with Gasteiger partial charge in [-0.2, -0.15) is 18.3 Å². The molecule has 1 aromatic heterocycles. The molecule has 3 N–H and O–H groups in total. The Bertz CT molecular complexity index is 664. The van der Waals surface area contributed by atoms with Gasteiger partial charge in [0, 0.05) is 18.8 Å². The molecule has 0 amide bonds. The molecule has 1 aromatic carbocycles. The van der Waals surface area contributed by atoms with Crippen LogP contribution in [0.15, 0.2) is 30.5 Å². The van der Waals surface area contributed by atoms with Gasteiger partial charge in [-0.15, -0.1) is 0 Å². The average molecular weight is 298 g/mol. The molecule has 8 heteroatoms. The number of nitrogens with two attached hydrogens (primary N) is 1. The highest BCUT2D eigenvalue weighted by Crippen LogP contribution is 2.37. The van der Waals surface area contributed by atoms with Crippen LogP contribution in [-0.4, -0.2) is 15.6 Å². The predicted molar refractivity (Wildman–Crippen MR) is 70.0 cm³/mol. The van der Waals surface area contributed by atoms with E-state index in [1.165, 1.54) is 10.7 Å². The summed E-state index contributed by atoms with van der Waals surface area (Å²) in [7, 11) is 1.70. The maximum atomic E-state index is 13.0. The summed E-state index contributed by atoms with van der Waals surface area (Å²) in [5.41, 5.74) is 4.75. The Morgan fingerprint density at radius 1 is 1.38 bits per heavy atom. The first-order valence-corrected chi connectivity index (χ1v) is 5.94. The minimum Gasteiger partial charge on any atom is -0.487 e. The highest BCUT2D eigenvalue weighted by atomic mass is 19.4. The van der Waals surface area contributed by atoms with Crippen molar-refractivity contribution in [1.29, 1.82) is 5.41 Å². The van der Waals surface area contributed by atoms with Crippen molar-refractivity contribution in [1.82, 2.24) is 9.78 Å². The lowest BCUT2D eigenvalue weighted by Crippen LogP contribution is -2.15. The molecular formula is C13H13F3N4O. The minimum absolute atomic E-state index is 0.00693. The van der Waals surface area contributed by atoms with Crippen LogP contribution in [0.5, 0.6) is 5.75 Å². The standard InChI is InChI=1S/C13H13F3N4O/c1-20-5-4-9(19-20)7-21-11-3-2-8(12(17)18)6-10(11)13(14,15)16/h2-6H,7H2,1H3,(H3,17,18). The molecule has 0 spiro atoms. The van der Waals surface area contributed by atoms with Crippen molar-refractivity contribution in [3.05, 3.63) is 47.3 Å². The monoisotopic (exact) mass is 298 g/mol.